The van der Waals surface area contributed by atoms with Gasteiger partial charge in [-0.25, -0.2) is 9.18 Å². The van der Waals surface area contributed by atoms with Gasteiger partial charge in [0.2, 0.25) is 0 Å². The van der Waals surface area contributed by atoms with Gasteiger partial charge in [-0.3, -0.25) is 9.59 Å². The molecule has 192 valence electrons. The molecule has 1 unspecified atom stereocenters. The molecule has 0 bridgehead atoms. The number of carbonyl (C=O) groups is 3. The zero-order valence-corrected chi connectivity index (χ0v) is 20.3. The van der Waals surface area contributed by atoms with Crippen molar-refractivity contribution in [2.75, 3.05) is 31.6 Å². The van der Waals surface area contributed by atoms with Crippen LogP contribution in [-0.4, -0.2) is 75.8 Å². The lowest BCUT2D eigenvalue weighted by Crippen LogP contribution is -2.57. The lowest BCUT2D eigenvalue weighted by Gasteiger charge is -2.39. The summed E-state index contributed by atoms with van der Waals surface area (Å²) in [6, 6.07) is 10.4. The number of hydrogen-bond donors (Lipinski definition) is 3. The number of amides is 3. The van der Waals surface area contributed by atoms with E-state index in [1.54, 1.807) is 36.4 Å². The van der Waals surface area contributed by atoms with E-state index in [0.717, 1.165) is 11.1 Å². The highest BCUT2D eigenvalue weighted by molar-refractivity contribution is 6.32. The number of carbonyl (C=O) groups excluding carboxylic acids is 2. The summed E-state index contributed by atoms with van der Waals surface area (Å²) < 4.78 is 19.8. The first kappa shape index (κ1) is 24.5. The Balaban J connectivity index is 1.42. The van der Waals surface area contributed by atoms with Gasteiger partial charge in [-0.1, -0.05) is 12.1 Å². The predicted octanol–water partition coefficient (Wildman–Crippen LogP) is 3.18. The minimum absolute atomic E-state index is 0.0505. The molecule has 5 rings (SSSR count). The Morgan fingerprint density at radius 2 is 1.89 bits per heavy atom. The van der Waals surface area contributed by atoms with E-state index in [1.165, 1.54) is 21.9 Å². The number of hydrogen-bond acceptors (Lipinski definition) is 5. The number of nitrogens with one attached hydrogen (secondary N) is 1. The van der Waals surface area contributed by atoms with Crippen molar-refractivity contribution in [1.29, 1.82) is 0 Å². The van der Waals surface area contributed by atoms with Crippen molar-refractivity contribution in [3.05, 3.63) is 76.8 Å². The molecule has 9 nitrogen and oxygen atoms in total. The number of rotatable bonds is 3. The molecule has 0 saturated carbocycles. The largest absolute Gasteiger partial charge is 0.482 e. The lowest BCUT2D eigenvalue weighted by atomic mass is 9.91. The average molecular weight is 508 g/mol. The number of ether oxygens (including phenoxy) is 1. The van der Waals surface area contributed by atoms with Crippen LogP contribution in [0.25, 0.3) is 11.1 Å². The molecule has 3 amide bonds. The first-order chi connectivity index (χ1) is 17.6. The number of aliphatic hydroxyl groups is 1. The summed E-state index contributed by atoms with van der Waals surface area (Å²) in [7, 11) is 0. The fourth-order valence-electron chi connectivity index (χ4n) is 5.02. The van der Waals surface area contributed by atoms with Crippen molar-refractivity contribution in [2.24, 2.45) is 0 Å². The maximum absolute atomic E-state index is 13.6. The molecule has 1 atom stereocenters. The van der Waals surface area contributed by atoms with E-state index in [9.17, 15) is 29.0 Å². The molecular weight excluding hydrogens is 481 g/mol. The van der Waals surface area contributed by atoms with Crippen LogP contribution in [0.5, 0.6) is 0 Å². The van der Waals surface area contributed by atoms with E-state index in [4.69, 9.17) is 4.74 Å². The Kier molecular flexibility index (Phi) is 5.99. The van der Waals surface area contributed by atoms with Crippen LogP contribution in [0.2, 0.25) is 0 Å². The maximum Gasteiger partial charge on any atom is 0.407 e. The zero-order valence-electron chi connectivity index (χ0n) is 20.3. The van der Waals surface area contributed by atoms with Gasteiger partial charge in [0.25, 0.3) is 11.8 Å². The lowest BCUT2D eigenvalue weighted by molar-refractivity contribution is -0.111. The SMILES string of the molecule is CC1(C)O/C(=C2/C(=O)Nc3cc(F)ccc32)C=C1c1ccc(C(=O)N2CCN(C(=O)O)CC2CO)cc1. The quantitative estimate of drug-likeness (QED) is 0.549. The Labute approximate surface area is 212 Å². The van der Waals surface area contributed by atoms with Gasteiger partial charge in [0.05, 0.1) is 23.9 Å². The summed E-state index contributed by atoms with van der Waals surface area (Å²) in [5.41, 5.74) is 2.53. The second kappa shape index (κ2) is 9.04. The second-order valence-electron chi connectivity index (χ2n) is 9.69. The summed E-state index contributed by atoms with van der Waals surface area (Å²) in [6.07, 6.45) is 0.710. The summed E-state index contributed by atoms with van der Waals surface area (Å²) in [6.45, 7) is 3.82. The fourth-order valence-corrected chi connectivity index (χ4v) is 5.02. The van der Waals surface area contributed by atoms with Crippen LogP contribution in [-0.2, 0) is 9.53 Å². The van der Waals surface area contributed by atoms with Gasteiger partial charge >= 0.3 is 6.09 Å². The molecule has 0 spiro atoms. The molecule has 3 N–H and O–H groups in total. The summed E-state index contributed by atoms with van der Waals surface area (Å²) in [4.78, 5) is 39.8. The molecule has 3 heterocycles. The van der Waals surface area contributed by atoms with Crippen LogP contribution < -0.4 is 5.32 Å². The fraction of sp³-hybridized carbons (Fsp3) is 0.296. The Hall–Kier alpha value is -4.18. The van der Waals surface area contributed by atoms with Crippen LogP contribution in [0.15, 0.2) is 54.3 Å². The maximum atomic E-state index is 13.6. The van der Waals surface area contributed by atoms with Crippen LogP contribution in [0.1, 0.15) is 35.3 Å². The standard InChI is InChI=1S/C27H26FN3O6/c1-27(2)20(12-22(37-27)23-19-8-7-17(28)11-21(19)29-24(23)33)15-3-5-16(6-4-15)25(34)31-10-9-30(26(35)36)13-18(31)14-32/h3-8,11-12,18,32H,9-10,13-14H2,1-2H3,(H,29,33)(H,35,36)/b23-22+. The zero-order chi connectivity index (χ0) is 26.5. The summed E-state index contributed by atoms with van der Waals surface area (Å²) in [5.74, 6) is -0.727. The minimum atomic E-state index is -1.08. The third-order valence-electron chi connectivity index (χ3n) is 6.93. The van der Waals surface area contributed by atoms with E-state index in [-0.39, 0.29) is 38.1 Å². The van der Waals surface area contributed by atoms with Gasteiger partial charge in [-0.15, -0.1) is 0 Å². The number of halogens is 1. The minimum Gasteiger partial charge on any atom is -0.482 e. The first-order valence-electron chi connectivity index (χ1n) is 11.9. The Morgan fingerprint density at radius 3 is 2.57 bits per heavy atom. The van der Waals surface area contributed by atoms with Crippen molar-refractivity contribution in [3.8, 4) is 0 Å². The molecule has 0 aliphatic carbocycles. The molecule has 0 radical (unpaired) electrons. The molecule has 37 heavy (non-hydrogen) atoms. The van der Waals surface area contributed by atoms with Crippen molar-refractivity contribution >= 4 is 34.7 Å². The number of fused-ring (bicyclic) bond motifs is 1. The number of benzene rings is 2. The third-order valence-corrected chi connectivity index (χ3v) is 6.93. The summed E-state index contributed by atoms with van der Waals surface area (Å²) in [5, 5.41) is 21.6. The average Bonchev–Trinajstić information content (AvgIpc) is 3.36. The first-order valence-corrected chi connectivity index (χ1v) is 11.9. The van der Waals surface area contributed by atoms with Gasteiger partial charge in [-0.05, 0) is 55.8 Å². The molecule has 2 aromatic rings. The molecule has 1 saturated heterocycles. The topological polar surface area (TPSA) is 119 Å². The molecule has 10 heteroatoms. The van der Waals surface area contributed by atoms with Gasteiger partial charge < -0.3 is 30.1 Å². The third kappa shape index (κ3) is 4.33. The van der Waals surface area contributed by atoms with Crippen LogP contribution in [0, 0.1) is 5.82 Å². The monoisotopic (exact) mass is 507 g/mol. The predicted molar refractivity (Wildman–Crippen MR) is 133 cm³/mol. The number of allylic oxidation sites excluding steroid dienone is 1. The summed E-state index contributed by atoms with van der Waals surface area (Å²) >= 11 is 0. The van der Waals surface area contributed by atoms with E-state index in [1.807, 2.05) is 13.8 Å². The molecule has 3 aliphatic rings. The number of anilines is 1. The highest BCUT2D eigenvalue weighted by atomic mass is 19.1. The van der Waals surface area contributed by atoms with Crippen molar-refractivity contribution < 1.29 is 33.7 Å². The van der Waals surface area contributed by atoms with Crippen molar-refractivity contribution in [2.45, 2.75) is 25.5 Å². The van der Waals surface area contributed by atoms with Crippen molar-refractivity contribution in [1.82, 2.24) is 9.80 Å². The highest BCUT2D eigenvalue weighted by Gasteiger charge is 2.38. The van der Waals surface area contributed by atoms with Gasteiger partial charge in [0.1, 0.15) is 17.2 Å². The highest BCUT2D eigenvalue weighted by Crippen LogP contribution is 2.44. The number of aliphatic hydroxyl groups excluding tert-OH is 1. The Morgan fingerprint density at radius 1 is 1.16 bits per heavy atom. The smallest absolute Gasteiger partial charge is 0.407 e. The van der Waals surface area contributed by atoms with E-state index in [2.05, 4.69) is 5.32 Å². The van der Waals surface area contributed by atoms with Gasteiger partial charge in [0, 0.05) is 36.3 Å². The molecule has 0 aromatic heterocycles. The second-order valence-corrected chi connectivity index (χ2v) is 9.69. The molecule has 3 aliphatic heterocycles. The van der Waals surface area contributed by atoms with Gasteiger partial charge in [0.15, 0.2) is 0 Å². The Bertz CT molecular complexity index is 1360. The van der Waals surface area contributed by atoms with E-state index >= 15 is 0 Å². The van der Waals surface area contributed by atoms with Crippen LogP contribution in [0.3, 0.4) is 0 Å². The van der Waals surface area contributed by atoms with Crippen molar-refractivity contribution in [3.63, 3.8) is 0 Å². The number of nitrogens with zero attached hydrogens (tertiary/aromatic N) is 2. The molecule has 2 aromatic carbocycles. The van der Waals surface area contributed by atoms with Gasteiger partial charge in [-0.2, -0.15) is 0 Å². The molecular formula is C27H26FN3O6. The van der Waals surface area contributed by atoms with E-state index in [0.29, 0.717) is 28.1 Å². The molecule has 1 fully saturated rings. The van der Waals surface area contributed by atoms with Crippen LogP contribution in [0.4, 0.5) is 14.9 Å². The van der Waals surface area contributed by atoms with Crippen LogP contribution >= 0.6 is 0 Å². The normalized spacial score (nSPS) is 22.3. The number of carboxylic acid groups (broad SMARTS) is 1. The van der Waals surface area contributed by atoms with E-state index < -0.39 is 23.6 Å². The number of piperazine rings is 1.